The standard InChI is InChI=1S/C11H15F2N/c1-3-7(2)11(14)8-5-4-6-9(12)10(8)13/h4-7,11H,3,14H2,1-2H3/t7?,11-/m0/s1. The van der Waals surface area contributed by atoms with Gasteiger partial charge in [-0.25, -0.2) is 8.78 Å². The molecule has 2 atom stereocenters. The van der Waals surface area contributed by atoms with Crippen LogP contribution in [0.4, 0.5) is 8.78 Å². The van der Waals surface area contributed by atoms with E-state index in [1.807, 2.05) is 13.8 Å². The molecule has 0 saturated carbocycles. The van der Waals surface area contributed by atoms with Gasteiger partial charge in [0.2, 0.25) is 0 Å². The second-order valence-corrected chi connectivity index (χ2v) is 3.55. The molecule has 0 saturated heterocycles. The lowest BCUT2D eigenvalue weighted by molar-refractivity contribution is 0.423. The third kappa shape index (κ3) is 2.10. The predicted octanol–water partition coefficient (Wildman–Crippen LogP) is 3.01. The van der Waals surface area contributed by atoms with Crippen molar-refractivity contribution in [2.75, 3.05) is 0 Å². The maximum Gasteiger partial charge on any atom is 0.163 e. The van der Waals surface area contributed by atoms with Crippen molar-refractivity contribution in [1.82, 2.24) is 0 Å². The fraction of sp³-hybridized carbons (Fsp3) is 0.455. The normalized spacial score (nSPS) is 15.2. The van der Waals surface area contributed by atoms with E-state index in [4.69, 9.17) is 5.73 Å². The molecule has 78 valence electrons. The van der Waals surface area contributed by atoms with Crippen molar-refractivity contribution in [3.05, 3.63) is 35.4 Å². The van der Waals surface area contributed by atoms with E-state index in [1.165, 1.54) is 12.1 Å². The SMILES string of the molecule is CCC(C)[C@H](N)c1cccc(F)c1F. The smallest absolute Gasteiger partial charge is 0.163 e. The molecule has 2 N–H and O–H groups in total. The van der Waals surface area contributed by atoms with Gasteiger partial charge in [-0.2, -0.15) is 0 Å². The van der Waals surface area contributed by atoms with E-state index in [1.54, 1.807) is 0 Å². The number of benzene rings is 1. The first-order valence-corrected chi connectivity index (χ1v) is 4.77. The van der Waals surface area contributed by atoms with Gasteiger partial charge in [-0.1, -0.05) is 32.4 Å². The summed E-state index contributed by atoms with van der Waals surface area (Å²) in [5, 5.41) is 0. The Balaban J connectivity index is 3.01. The minimum atomic E-state index is -0.832. The molecular formula is C11H15F2N. The molecule has 0 aromatic heterocycles. The number of rotatable bonds is 3. The summed E-state index contributed by atoms with van der Waals surface area (Å²) in [6.45, 7) is 3.90. The van der Waals surface area contributed by atoms with E-state index in [0.717, 1.165) is 12.5 Å². The minimum Gasteiger partial charge on any atom is -0.324 e. The van der Waals surface area contributed by atoms with Crippen LogP contribution in [-0.2, 0) is 0 Å². The van der Waals surface area contributed by atoms with Crippen LogP contribution in [0.2, 0.25) is 0 Å². The van der Waals surface area contributed by atoms with Crippen molar-refractivity contribution in [2.24, 2.45) is 11.7 Å². The molecule has 1 unspecified atom stereocenters. The number of hydrogen-bond donors (Lipinski definition) is 1. The molecule has 0 heterocycles. The van der Waals surface area contributed by atoms with E-state index < -0.39 is 17.7 Å². The summed E-state index contributed by atoms with van der Waals surface area (Å²) in [5.41, 5.74) is 6.08. The average Bonchev–Trinajstić information content (AvgIpc) is 2.20. The first-order valence-electron chi connectivity index (χ1n) is 4.77. The highest BCUT2D eigenvalue weighted by atomic mass is 19.2. The van der Waals surface area contributed by atoms with E-state index in [-0.39, 0.29) is 11.5 Å². The van der Waals surface area contributed by atoms with Gasteiger partial charge in [0.05, 0.1) is 0 Å². The molecule has 14 heavy (non-hydrogen) atoms. The van der Waals surface area contributed by atoms with Gasteiger partial charge in [0.15, 0.2) is 11.6 Å². The molecule has 1 aromatic rings. The first kappa shape index (κ1) is 11.1. The van der Waals surface area contributed by atoms with E-state index in [2.05, 4.69) is 0 Å². The molecule has 1 aromatic carbocycles. The lowest BCUT2D eigenvalue weighted by Gasteiger charge is -2.19. The van der Waals surface area contributed by atoms with Crippen molar-refractivity contribution < 1.29 is 8.78 Å². The maximum atomic E-state index is 13.3. The first-order chi connectivity index (χ1) is 6.57. The van der Waals surface area contributed by atoms with Gasteiger partial charge in [0.1, 0.15) is 0 Å². The number of halogens is 2. The maximum absolute atomic E-state index is 13.3. The molecule has 0 fully saturated rings. The molecule has 0 aliphatic rings. The van der Waals surface area contributed by atoms with Crippen LogP contribution >= 0.6 is 0 Å². The summed E-state index contributed by atoms with van der Waals surface area (Å²) in [6, 6.07) is 3.68. The molecule has 0 amide bonds. The monoisotopic (exact) mass is 199 g/mol. The lowest BCUT2D eigenvalue weighted by Crippen LogP contribution is -2.20. The van der Waals surface area contributed by atoms with Crippen LogP contribution in [0.1, 0.15) is 31.9 Å². The molecule has 0 aliphatic carbocycles. The van der Waals surface area contributed by atoms with Crippen LogP contribution in [0.15, 0.2) is 18.2 Å². The van der Waals surface area contributed by atoms with E-state index in [0.29, 0.717) is 0 Å². The van der Waals surface area contributed by atoms with Crippen LogP contribution in [0.3, 0.4) is 0 Å². The molecule has 1 nitrogen and oxygen atoms in total. The third-order valence-corrected chi connectivity index (χ3v) is 2.60. The average molecular weight is 199 g/mol. The Hall–Kier alpha value is -0.960. The largest absolute Gasteiger partial charge is 0.324 e. The van der Waals surface area contributed by atoms with E-state index in [9.17, 15) is 8.78 Å². The molecule has 0 aliphatic heterocycles. The molecular weight excluding hydrogens is 184 g/mol. The molecule has 0 spiro atoms. The van der Waals surface area contributed by atoms with E-state index >= 15 is 0 Å². The fourth-order valence-corrected chi connectivity index (χ4v) is 1.34. The fourth-order valence-electron chi connectivity index (χ4n) is 1.34. The highest BCUT2D eigenvalue weighted by molar-refractivity contribution is 5.22. The predicted molar refractivity (Wildman–Crippen MR) is 52.7 cm³/mol. The highest BCUT2D eigenvalue weighted by Gasteiger charge is 2.18. The lowest BCUT2D eigenvalue weighted by atomic mass is 9.93. The van der Waals surface area contributed by atoms with Gasteiger partial charge in [-0.3, -0.25) is 0 Å². The van der Waals surface area contributed by atoms with Gasteiger partial charge in [-0.15, -0.1) is 0 Å². The zero-order chi connectivity index (χ0) is 10.7. The molecule has 3 heteroatoms. The summed E-state index contributed by atoms with van der Waals surface area (Å²) in [6.07, 6.45) is 0.844. The number of hydrogen-bond acceptors (Lipinski definition) is 1. The quantitative estimate of drug-likeness (QED) is 0.795. The number of nitrogens with two attached hydrogens (primary N) is 1. The Morgan fingerprint density at radius 3 is 2.57 bits per heavy atom. The summed E-state index contributed by atoms with van der Waals surface area (Å²) in [4.78, 5) is 0. The van der Waals surface area contributed by atoms with Crippen molar-refractivity contribution in [2.45, 2.75) is 26.3 Å². The molecule has 1 rings (SSSR count). The Bertz CT molecular complexity index is 312. The minimum absolute atomic E-state index is 0.145. The van der Waals surface area contributed by atoms with Crippen LogP contribution in [0, 0.1) is 17.6 Å². The van der Waals surface area contributed by atoms with Gasteiger partial charge >= 0.3 is 0 Å². The summed E-state index contributed by atoms with van der Waals surface area (Å²) in [5.74, 6) is -1.51. The summed E-state index contributed by atoms with van der Waals surface area (Å²) < 4.78 is 26.2. The zero-order valence-electron chi connectivity index (χ0n) is 8.43. The van der Waals surface area contributed by atoms with Crippen LogP contribution in [-0.4, -0.2) is 0 Å². The Morgan fingerprint density at radius 2 is 2.00 bits per heavy atom. The third-order valence-electron chi connectivity index (χ3n) is 2.60. The summed E-state index contributed by atoms with van der Waals surface area (Å²) in [7, 11) is 0. The van der Waals surface area contributed by atoms with Crippen molar-refractivity contribution in [1.29, 1.82) is 0 Å². The van der Waals surface area contributed by atoms with Crippen LogP contribution in [0.5, 0.6) is 0 Å². The van der Waals surface area contributed by atoms with Gasteiger partial charge in [0.25, 0.3) is 0 Å². The van der Waals surface area contributed by atoms with Crippen LogP contribution in [0.25, 0.3) is 0 Å². The Morgan fingerprint density at radius 1 is 1.36 bits per heavy atom. The zero-order valence-corrected chi connectivity index (χ0v) is 8.43. The van der Waals surface area contributed by atoms with Crippen molar-refractivity contribution >= 4 is 0 Å². The van der Waals surface area contributed by atoms with Gasteiger partial charge < -0.3 is 5.73 Å². The molecule has 0 radical (unpaired) electrons. The highest BCUT2D eigenvalue weighted by Crippen LogP contribution is 2.25. The van der Waals surface area contributed by atoms with Crippen molar-refractivity contribution in [3.63, 3.8) is 0 Å². The second kappa shape index (κ2) is 4.51. The van der Waals surface area contributed by atoms with Crippen molar-refractivity contribution in [3.8, 4) is 0 Å². The van der Waals surface area contributed by atoms with Gasteiger partial charge in [-0.05, 0) is 12.0 Å². The van der Waals surface area contributed by atoms with Crippen LogP contribution < -0.4 is 5.73 Å². The molecule has 0 bridgehead atoms. The van der Waals surface area contributed by atoms with Gasteiger partial charge in [0, 0.05) is 11.6 Å². The Kier molecular flexibility index (Phi) is 3.58. The Labute approximate surface area is 82.9 Å². The summed E-state index contributed by atoms with van der Waals surface area (Å²) >= 11 is 0. The topological polar surface area (TPSA) is 26.0 Å². The second-order valence-electron chi connectivity index (χ2n) is 3.55.